The van der Waals surface area contributed by atoms with Gasteiger partial charge in [0.15, 0.2) is 0 Å². The van der Waals surface area contributed by atoms with E-state index >= 15 is 0 Å². The molecule has 6 amide bonds. The van der Waals surface area contributed by atoms with E-state index in [0.29, 0.717) is 33.9 Å². The van der Waals surface area contributed by atoms with Gasteiger partial charge >= 0.3 is 0 Å². The number of hydrogen-bond acceptors (Lipinski definition) is 9. The fraction of sp³-hybridized carbons (Fsp3) is 0.375. The van der Waals surface area contributed by atoms with E-state index in [1.165, 1.54) is 59.9 Å². The molecule has 64 heavy (non-hydrogen) atoms. The minimum absolute atomic E-state index is 0.0636. The highest BCUT2D eigenvalue weighted by Crippen LogP contribution is 2.35. The predicted molar refractivity (Wildman–Crippen MR) is 240 cm³/mol. The van der Waals surface area contributed by atoms with Gasteiger partial charge in [-0.05, 0) is 92.5 Å². The molecule has 0 radical (unpaired) electrons. The molecule has 7 rings (SSSR count). The molecule has 1 atom stereocenters. The Morgan fingerprint density at radius 3 is 2.27 bits per heavy atom. The molecule has 336 valence electrons. The summed E-state index contributed by atoms with van der Waals surface area (Å²) in [5.41, 5.74) is 5.49. The van der Waals surface area contributed by atoms with E-state index < -0.39 is 57.9 Å². The maximum Gasteiger partial charge on any atom is 0.255 e. The molecule has 4 aromatic rings. The number of sulfonamides is 1. The zero-order valence-corrected chi connectivity index (χ0v) is 37.3. The van der Waals surface area contributed by atoms with Gasteiger partial charge in [-0.25, -0.2) is 8.42 Å². The maximum atomic E-state index is 14.2. The standard InChI is InChI=1S/C48H54N6O9S/c1-29-23-30(2)45(31(3)24-29)64(62,63)52(4)28-44(58)53(26-32-13-15-34(16-14-32)33-9-6-5-7-10-33)35-17-18-37(41(55)25-35)46(59)49-22-21-43(57)50-39-12-8-11-36-38(39)27-54(48(36)61)40-19-20-42(56)51-47(40)60/h8,11-18,23-25,33,40,55H,5-7,9-10,19-22,26-28H2,1-4H3,(H,49,59)(H,50,57)(H,51,56,60). The number of benzene rings is 4. The molecule has 0 bridgehead atoms. The number of amides is 6. The number of anilines is 2. The monoisotopic (exact) mass is 890 g/mol. The zero-order valence-electron chi connectivity index (χ0n) is 36.5. The van der Waals surface area contributed by atoms with Crippen LogP contribution in [0.5, 0.6) is 5.75 Å². The largest absolute Gasteiger partial charge is 0.507 e. The Kier molecular flexibility index (Phi) is 13.7. The third kappa shape index (κ3) is 9.87. The average molecular weight is 891 g/mol. The number of phenols is 1. The van der Waals surface area contributed by atoms with E-state index in [2.05, 4.69) is 28.1 Å². The van der Waals surface area contributed by atoms with Crippen molar-refractivity contribution < 1.29 is 42.3 Å². The highest BCUT2D eigenvalue weighted by molar-refractivity contribution is 7.89. The second kappa shape index (κ2) is 19.2. The van der Waals surface area contributed by atoms with Gasteiger partial charge in [0.05, 0.1) is 23.5 Å². The molecule has 2 fully saturated rings. The lowest BCUT2D eigenvalue weighted by atomic mass is 9.84. The summed E-state index contributed by atoms with van der Waals surface area (Å²) in [5.74, 6) is -2.94. The van der Waals surface area contributed by atoms with Crippen molar-refractivity contribution in [1.82, 2.24) is 19.8 Å². The number of nitrogens with zero attached hydrogens (tertiary/aromatic N) is 3. The van der Waals surface area contributed by atoms with Gasteiger partial charge < -0.3 is 25.5 Å². The lowest BCUT2D eigenvalue weighted by Crippen LogP contribution is -2.52. The minimum Gasteiger partial charge on any atom is -0.507 e. The molecular formula is C48H54N6O9S. The van der Waals surface area contributed by atoms with Crippen LogP contribution < -0.4 is 20.9 Å². The minimum atomic E-state index is -4.08. The fourth-order valence-corrected chi connectivity index (χ4v) is 10.6. The first-order valence-corrected chi connectivity index (χ1v) is 23.1. The summed E-state index contributed by atoms with van der Waals surface area (Å²) in [6.45, 7) is 4.86. The summed E-state index contributed by atoms with van der Waals surface area (Å²) < 4.78 is 28.8. The average Bonchev–Trinajstić information content (AvgIpc) is 3.58. The predicted octanol–water partition coefficient (Wildman–Crippen LogP) is 5.74. The van der Waals surface area contributed by atoms with Crippen molar-refractivity contribution in [3.8, 4) is 5.75 Å². The normalized spacial score (nSPS) is 16.7. The van der Waals surface area contributed by atoms with Gasteiger partial charge in [-0.3, -0.25) is 34.1 Å². The van der Waals surface area contributed by atoms with Crippen molar-refractivity contribution in [3.05, 3.63) is 117 Å². The first-order valence-electron chi connectivity index (χ1n) is 21.6. The second-order valence-corrected chi connectivity index (χ2v) is 19.0. The first-order chi connectivity index (χ1) is 30.5. The maximum absolute atomic E-state index is 14.2. The molecule has 0 spiro atoms. The lowest BCUT2D eigenvalue weighted by Gasteiger charge is -2.29. The SMILES string of the molecule is Cc1cc(C)c(S(=O)(=O)N(C)CC(=O)N(Cc2ccc(C3CCCCC3)cc2)c2ccc(C(=O)NCCC(=O)Nc3cccc4c3CN(C3CCC(=O)NC3=O)C4=O)c(O)c2)c(C)c1. The van der Waals surface area contributed by atoms with Crippen LogP contribution in [0.4, 0.5) is 11.4 Å². The summed E-state index contributed by atoms with van der Waals surface area (Å²) in [6, 6.07) is 19.9. The summed E-state index contributed by atoms with van der Waals surface area (Å²) in [6.07, 6.45) is 6.04. The van der Waals surface area contributed by atoms with E-state index in [1.807, 2.05) is 19.1 Å². The highest BCUT2D eigenvalue weighted by atomic mass is 32.2. The number of fused-ring (bicyclic) bond motifs is 1. The van der Waals surface area contributed by atoms with Gasteiger partial charge in [0.25, 0.3) is 11.8 Å². The van der Waals surface area contributed by atoms with Crippen LogP contribution in [0.3, 0.4) is 0 Å². The van der Waals surface area contributed by atoms with E-state index in [0.717, 1.165) is 28.3 Å². The van der Waals surface area contributed by atoms with E-state index in [1.54, 1.807) is 44.2 Å². The molecule has 2 heterocycles. The van der Waals surface area contributed by atoms with Gasteiger partial charge in [-0.15, -0.1) is 0 Å². The van der Waals surface area contributed by atoms with Crippen molar-refractivity contribution in [2.75, 3.05) is 30.4 Å². The van der Waals surface area contributed by atoms with Gasteiger partial charge in [0, 0.05) is 61.5 Å². The van der Waals surface area contributed by atoms with Crippen LogP contribution in [0.2, 0.25) is 0 Å². The van der Waals surface area contributed by atoms with Crippen LogP contribution in [0.15, 0.2) is 77.7 Å². The van der Waals surface area contributed by atoms with Crippen LogP contribution in [-0.2, 0) is 42.3 Å². The Bertz CT molecular complexity index is 2600. The first kappa shape index (κ1) is 45.6. The van der Waals surface area contributed by atoms with Crippen LogP contribution in [0, 0.1) is 20.8 Å². The molecule has 15 nitrogen and oxygen atoms in total. The molecule has 4 N–H and O–H groups in total. The summed E-state index contributed by atoms with van der Waals surface area (Å²) in [5, 5.41) is 18.9. The molecule has 1 saturated heterocycles. The number of likely N-dealkylation sites (N-methyl/N-ethyl adjacent to an activating group) is 1. The van der Waals surface area contributed by atoms with Crippen molar-refractivity contribution in [1.29, 1.82) is 0 Å². The Morgan fingerprint density at radius 1 is 0.891 bits per heavy atom. The third-order valence-electron chi connectivity index (χ3n) is 12.4. The van der Waals surface area contributed by atoms with Gasteiger partial charge in [-0.1, -0.05) is 67.3 Å². The Balaban J connectivity index is 1.02. The molecule has 3 aliphatic rings. The lowest BCUT2D eigenvalue weighted by molar-refractivity contribution is -0.137. The topological polar surface area (TPSA) is 203 Å². The number of imide groups is 1. The number of aryl methyl sites for hydroxylation is 3. The quantitative estimate of drug-likeness (QED) is 0.114. The number of aromatic hydroxyl groups is 1. The number of carbonyl (C=O) groups is 6. The van der Waals surface area contributed by atoms with Crippen LogP contribution in [-0.4, -0.2) is 84.4 Å². The fourth-order valence-electron chi connectivity index (χ4n) is 9.11. The van der Waals surface area contributed by atoms with Gasteiger partial charge in [-0.2, -0.15) is 4.31 Å². The molecule has 0 aromatic heterocycles. The summed E-state index contributed by atoms with van der Waals surface area (Å²) in [4.78, 5) is 80.8. The van der Waals surface area contributed by atoms with E-state index in [9.17, 15) is 42.3 Å². The van der Waals surface area contributed by atoms with Gasteiger partial charge in [0.2, 0.25) is 33.7 Å². The second-order valence-electron chi connectivity index (χ2n) is 17.0. The number of phenolic OH excluding ortho intramolecular Hbond substituents is 1. The van der Waals surface area contributed by atoms with Crippen molar-refractivity contribution in [2.24, 2.45) is 0 Å². The molecule has 1 aliphatic carbocycles. The van der Waals surface area contributed by atoms with Crippen LogP contribution in [0.1, 0.15) is 111 Å². The summed E-state index contributed by atoms with van der Waals surface area (Å²) >= 11 is 0. The van der Waals surface area contributed by atoms with E-state index in [-0.39, 0.29) is 61.0 Å². The smallest absolute Gasteiger partial charge is 0.255 e. The van der Waals surface area contributed by atoms with Crippen molar-refractivity contribution >= 4 is 56.8 Å². The van der Waals surface area contributed by atoms with Crippen LogP contribution >= 0.6 is 0 Å². The van der Waals surface area contributed by atoms with Crippen molar-refractivity contribution in [2.45, 2.75) is 102 Å². The Morgan fingerprint density at radius 2 is 1.59 bits per heavy atom. The van der Waals surface area contributed by atoms with E-state index in [4.69, 9.17) is 0 Å². The number of piperidine rings is 1. The molecule has 1 saturated carbocycles. The number of rotatable bonds is 14. The Labute approximate surface area is 373 Å². The van der Waals surface area contributed by atoms with Crippen LogP contribution in [0.25, 0.3) is 0 Å². The molecule has 16 heteroatoms. The number of carbonyl (C=O) groups excluding carboxylic acids is 6. The molecule has 2 aliphatic heterocycles. The molecular weight excluding hydrogens is 837 g/mol. The number of hydrogen-bond donors (Lipinski definition) is 4. The zero-order chi connectivity index (χ0) is 45.9. The van der Waals surface area contributed by atoms with Crippen molar-refractivity contribution in [3.63, 3.8) is 0 Å². The third-order valence-corrected chi connectivity index (χ3v) is 14.5. The molecule has 4 aromatic carbocycles. The summed E-state index contributed by atoms with van der Waals surface area (Å²) in [7, 11) is -2.72. The Hall–Kier alpha value is -6.39. The number of nitrogens with one attached hydrogen (secondary N) is 3. The highest BCUT2D eigenvalue weighted by Gasteiger charge is 2.40. The molecule has 1 unspecified atom stereocenters. The van der Waals surface area contributed by atoms with Gasteiger partial charge in [0.1, 0.15) is 11.8 Å².